The topological polar surface area (TPSA) is 60.9 Å². The van der Waals surface area contributed by atoms with Gasteiger partial charge in [0.2, 0.25) is 0 Å². The molecule has 98 valence electrons. The van der Waals surface area contributed by atoms with Crippen molar-refractivity contribution in [3.63, 3.8) is 0 Å². The van der Waals surface area contributed by atoms with Crippen molar-refractivity contribution in [2.45, 2.75) is 45.6 Å². The lowest BCUT2D eigenvalue weighted by molar-refractivity contribution is -0.138. The van der Waals surface area contributed by atoms with Crippen molar-refractivity contribution in [3.8, 4) is 0 Å². The first-order valence-electron chi connectivity index (χ1n) is 6.33. The second-order valence-corrected chi connectivity index (χ2v) is 4.56. The fourth-order valence-corrected chi connectivity index (χ4v) is 2.27. The molecule has 0 aromatic rings. The monoisotopic (exact) mass is 242 g/mol. The van der Waals surface area contributed by atoms with Crippen LogP contribution in [0, 0.1) is 0 Å². The molecule has 0 aromatic heterocycles. The molecule has 0 aromatic carbocycles. The van der Waals surface area contributed by atoms with Gasteiger partial charge in [-0.3, -0.25) is 4.79 Å². The van der Waals surface area contributed by atoms with E-state index >= 15 is 0 Å². The van der Waals surface area contributed by atoms with Gasteiger partial charge in [-0.2, -0.15) is 0 Å². The van der Waals surface area contributed by atoms with E-state index in [-0.39, 0.29) is 18.5 Å². The molecule has 1 N–H and O–H groups in total. The first-order valence-corrected chi connectivity index (χ1v) is 6.33. The summed E-state index contributed by atoms with van der Waals surface area (Å²) in [6.07, 6.45) is 3.29. The highest BCUT2D eigenvalue weighted by Crippen LogP contribution is 2.14. The molecular weight excluding hydrogens is 220 g/mol. The van der Waals surface area contributed by atoms with E-state index in [4.69, 9.17) is 5.11 Å². The molecule has 1 fully saturated rings. The highest BCUT2D eigenvalue weighted by Gasteiger charge is 2.26. The molecule has 1 saturated heterocycles. The van der Waals surface area contributed by atoms with E-state index < -0.39 is 5.97 Å². The summed E-state index contributed by atoms with van der Waals surface area (Å²) in [5.41, 5.74) is 0. The summed E-state index contributed by atoms with van der Waals surface area (Å²) in [6, 6.07) is -0.257. The number of carboxylic acids is 1. The number of hydrogen-bond acceptors (Lipinski definition) is 2. The zero-order valence-electron chi connectivity index (χ0n) is 10.7. The van der Waals surface area contributed by atoms with Crippen LogP contribution in [0.4, 0.5) is 4.79 Å². The van der Waals surface area contributed by atoms with Gasteiger partial charge in [-0.05, 0) is 33.1 Å². The molecule has 5 heteroatoms. The molecule has 0 spiro atoms. The van der Waals surface area contributed by atoms with Crippen molar-refractivity contribution in [2.75, 3.05) is 19.6 Å². The maximum absolute atomic E-state index is 12.2. The molecule has 1 heterocycles. The van der Waals surface area contributed by atoms with Gasteiger partial charge in [0, 0.05) is 25.7 Å². The molecule has 0 saturated carbocycles. The van der Waals surface area contributed by atoms with Gasteiger partial charge in [-0.25, -0.2) is 4.79 Å². The van der Waals surface area contributed by atoms with Gasteiger partial charge in [0.1, 0.15) is 0 Å². The quantitative estimate of drug-likeness (QED) is 0.817. The van der Waals surface area contributed by atoms with E-state index in [0.717, 1.165) is 25.9 Å². The lowest BCUT2D eigenvalue weighted by Crippen LogP contribution is -2.49. The van der Waals surface area contributed by atoms with Gasteiger partial charge < -0.3 is 14.9 Å². The molecule has 1 aliphatic rings. The molecule has 1 aliphatic heterocycles. The highest BCUT2D eigenvalue weighted by molar-refractivity contribution is 5.76. The van der Waals surface area contributed by atoms with E-state index in [1.54, 1.807) is 11.8 Å². The molecule has 1 atom stereocenters. The first kappa shape index (κ1) is 13.8. The van der Waals surface area contributed by atoms with E-state index in [1.165, 1.54) is 6.42 Å². The Kier molecular flexibility index (Phi) is 5.25. The number of carbonyl (C=O) groups is 2. The number of hydrogen-bond donors (Lipinski definition) is 1. The number of amides is 2. The zero-order chi connectivity index (χ0) is 12.8. The molecule has 1 unspecified atom stereocenters. The van der Waals surface area contributed by atoms with Gasteiger partial charge in [-0.15, -0.1) is 0 Å². The SMILES string of the molecule is CCN(C(=O)N1CCCCC1)C(C)CC(=O)O. The van der Waals surface area contributed by atoms with E-state index in [0.29, 0.717) is 6.54 Å². The Balaban J connectivity index is 2.58. The third kappa shape index (κ3) is 3.91. The largest absolute Gasteiger partial charge is 0.481 e. The Morgan fingerprint density at radius 2 is 1.88 bits per heavy atom. The van der Waals surface area contributed by atoms with Crippen molar-refractivity contribution in [2.24, 2.45) is 0 Å². The maximum atomic E-state index is 12.2. The third-order valence-corrected chi connectivity index (χ3v) is 3.22. The number of aliphatic carboxylic acids is 1. The number of carboxylic acid groups (broad SMARTS) is 1. The number of carbonyl (C=O) groups excluding carboxylic acids is 1. The molecule has 1 rings (SSSR count). The second kappa shape index (κ2) is 6.47. The fraction of sp³-hybridized carbons (Fsp3) is 0.833. The Morgan fingerprint density at radius 3 is 2.35 bits per heavy atom. The van der Waals surface area contributed by atoms with Crippen molar-refractivity contribution < 1.29 is 14.7 Å². The standard InChI is InChI=1S/C12H22N2O3/c1-3-14(10(2)9-11(15)16)12(17)13-7-5-4-6-8-13/h10H,3-9H2,1-2H3,(H,15,16). The van der Waals surface area contributed by atoms with Gasteiger partial charge in [-0.1, -0.05) is 0 Å². The molecular formula is C12H22N2O3. The van der Waals surface area contributed by atoms with Gasteiger partial charge in [0.05, 0.1) is 6.42 Å². The van der Waals surface area contributed by atoms with Crippen LogP contribution in [-0.2, 0) is 4.79 Å². The van der Waals surface area contributed by atoms with Gasteiger partial charge in [0.15, 0.2) is 0 Å². The normalized spacial score (nSPS) is 17.6. The fourth-order valence-electron chi connectivity index (χ4n) is 2.27. The van der Waals surface area contributed by atoms with Crippen molar-refractivity contribution >= 4 is 12.0 Å². The van der Waals surface area contributed by atoms with Crippen LogP contribution in [0.1, 0.15) is 39.5 Å². The van der Waals surface area contributed by atoms with Crippen LogP contribution in [0.15, 0.2) is 0 Å². The van der Waals surface area contributed by atoms with Crippen LogP contribution >= 0.6 is 0 Å². The summed E-state index contributed by atoms with van der Waals surface area (Å²) >= 11 is 0. The smallest absolute Gasteiger partial charge is 0.320 e. The third-order valence-electron chi connectivity index (χ3n) is 3.22. The summed E-state index contributed by atoms with van der Waals surface area (Å²) in [5, 5.41) is 8.77. The van der Waals surface area contributed by atoms with Crippen molar-refractivity contribution in [1.29, 1.82) is 0 Å². The number of likely N-dealkylation sites (tertiary alicyclic amines) is 1. The number of rotatable bonds is 4. The van der Waals surface area contributed by atoms with Crippen LogP contribution in [-0.4, -0.2) is 52.6 Å². The van der Waals surface area contributed by atoms with Gasteiger partial charge >= 0.3 is 12.0 Å². The number of urea groups is 1. The molecule has 0 aliphatic carbocycles. The zero-order valence-corrected chi connectivity index (χ0v) is 10.7. The van der Waals surface area contributed by atoms with Crippen LogP contribution in [0.2, 0.25) is 0 Å². The lowest BCUT2D eigenvalue weighted by Gasteiger charge is -2.35. The van der Waals surface area contributed by atoms with E-state index in [2.05, 4.69) is 0 Å². The Bertz CT molecular complexity index is 275. The minimum absolute atomic E-state index is 0.00736. The average molecular weight is 242 g/mol. The van der Waals surface area contributed by atoms with Crippen LogP contribution in [0.25, 0.3) is 0 Å². The molecule has 2 amide bonds. The molecule has 5 nitrogen and oxygen atoms in total. The molecule has 0 radical (unpaired) electrons. The Morgan fingerprint density at radius 1 is 1.29 bits per heavy atom. The van der Waals surface area contributed by atoms with Crippen LogP contribution < -0.4 is 0 Å². The molecule has 17 heavy (non-hydrogen) atoms. The minimum Gasteiger partial charge on any atom is -0.481 e. The number of piperidine rings is 1. The van der Waals surface area contributed by atoms with Crippen molar-refractivity contribution in [1.82, 2.24) is 9.80 Å². The minimum atomic E-state index is -0.859. The van der Waals surface area contributed by atoms with E-state index in [1.807, 2.05) is 11.8 Å². The predicted octanol–water partition coefficient (Wildman–Crippen LogP) is 1.78. The van der Waals surface area contributed by atoms with Crippen LogP contribution in [0.3, 0.4) is 0 Å². The summed E-state index contributed by atoms with van der Waals surface area (Å²) in [7, 11) is 0. The Labute approximate surface area is 102 Å². The summed E-state index contributed by atoms with van der Waals surface area (Å²) in [6.45, 7) is 5.84. The average Bonchev–Trinajstić information content (AvgIpc) is 2.30. The lowest BCUT2D eigenvalue weighted by atomic mass is 10.1. The number of nitrogens with zero attached hydrogens (tertiary/aromatic N) is 2. The van der Waals surface area contributed by atoms with Crippen molar-refractivity contribution in [3.05, 3.63) is 0 Å². The van der Waals surface area contributed by atoms with E-state index in [9.17, 15) is 9.59 Å². The highest BCUT2D eigenvalue weighted by atomic mass is 16.4. The summed E-state index contributed by atoms with van der Waals surface area (Å²) in [4.78, 5) is 26.4. The van der Waals surface area contributed by atoms with Crippen LogP contribution in [0.5, 0.6) is 0 Å². The Hall–Kier alpha value is -1.26. The molecule has 0 bridgehead atoms. The van der Waals surface area contributed by atoms with Gasteiger partial charge in [0.25, 0.3) is 0 Å². The second-order valence-electron chi connectivity index (χ2n) is 4.56. The predicted molar refractivity (Wildman–Crippen MR) is 64.9 cm³/mol. The summed E-state index contributed by atoms with van der Waals surface area (Å²) < 4.78 is 0. The first-order chi connectivity index (χ1) is 8.06. The maximum Gasteiger partial charge on any atom is 0.320 e. The summed E-state index contributed by atoms with van der Waals surface area (Å²) in [5.74, 6) is -0.859.